The number of fused-ring (bicyclic) bond motifs is 3. The van der Waals surface area contributed by atoms with E-state index in [0.717, 1.165) is 0 Å². The predicted octanol–water partition coefficient (Wildman–Crippen LogP) is 1.85. The highest BCUT2D eigenvalue weighted by molar-refractivity contribution is 6.21. The molecule has 5 nitrogen and oxygen atoms in total. The third-order valence-corrected chi connectivity index (χ3v) is 2.88. The Kier molecular flexibility index (Phi) is 1.98. The van der Waals surface area contributed by atoms with E-state index in [0.29, 0.717) is 10.8 Å². The number of cyclic esters (lactones) is 2. The third kappa shape index (κ3) is 1.31. The van der Waals surface area contributed by atoms with Crippen LogP contribution in [0.15, 0.2) is 30.3 Å². The second-order valence-corrected chi connectivity index (χ2v) is 3.91. The van der Waals surface area contributed by atoms with Gasteiger partial charge in [0, 0.05) is 0 Å². The Balaban J connectivity index is 2.40. The monoisotopic (exact) mass is 242 g/mol. The van der Waals surface area contributed by atoms with Crippen LogP contribution < -0.4 is 0 Å². The van der Waals surface area contributed by atoms with Crippen LogP contribution in [0.1, 0.15) is 31.1 Å². The third-order valence-electron chi connectivity index (χ3n) is 2.88. The van der Waals surface area contributed by atoms with Crippen LogP contribution in [0.2, 0.25) is 0 Å². The fourth-order valence-corrected chi connectivity index (χ4v) is 2.03. The number of rotatable bonds is 1. The Morgan fingerprint density at radius 2 is 1.78 bits per heavy atom. The standard InChI is InChI=1S/C13H6O5/c14-11(15)7-2-1-6-3-4-8-10(9(6)5-7)13(17)18-12(8)16/h1-5H,(H,14,15). The number of esters is 2. The fourth-order valence-electron chi connectivity index (χ4n) is 2.03. The van der Waals surface area contributed by atoms with E-state index in [1.807, 2.05) is 0 Å². The molecule has 0 atom stereocenters. The quantitative estimate of drug-likeness (QED) is 0.609. The van der Waals surface area contributed by atoms with Crippen molar-refractivity contribution in [1.29, 1.82) is 0 Å². The van der Waals surface area contributed by atoms with E-state index in [9.17, 15) is 14.4 Å². The summed E-state index contributed by atoms with van der Waals surface area (Å²) in [4.78, 5) is 33.9. The van der Waals surface area contributed by atoms with Crippen LogP contribution in [0, 0.1) is 0 Å². The number of hydrogen-bond acceptors (Lipinski definition) is 4. The van der Waals surface area contributed by atoms with Crippen LogP contribution in [-0.2, 0) is 4.74 Å². The number of aromatic carboxylic acids is 1. The molecule has 1 aliphatic heterocycles. The minimum atomic E-state index is -1.09. The maximum absolute atomic E-state index is 11.6. The van der Waals surface area contributed by atoms with Crippen LogP contribution in [0.5, 0.6) is 0 Å². The molecule has 2 aromatic rings. The van der Waals surface area contributed by atoms with Crippen molar-refractivity contribution in [2.45, 2.75) is 0 Å². The molecule has 0 spiro atoms. The second kappa shape index (κ2) is 3.40. The number of benzene rings is 2. The van der Waals surface area contributed by atoms with Gasteiger partial charge in [0.2, 0.25) is 0 Å². The summed E-state index contributed by atoms with van der Waals surface area (Å²) in [6.45, 7) is 0. The summed E-state index contributed by atoms with van der Waals surface area (Å²) >= 11 is 0. The van der Waals surface area contributed by atoms with E-state index in [1.165, 1.54) is 18.2 Å². The molecule has 0 fully saturated rings. The van der Waals surface area contributed by atoms with E-state index >= 15 is 0 Å². The van der Waals surface area contributed by atoms with Crippen molar-refractivity contribution in [3.63, 3.8) is 0 Å². The first-order valence-electron chi connectivity index (χ1n) is 5.14. The lowest BCUT2D eigenvalue weighted by Crippen LogP contribution is -1.99. The molecule has 1 aliphatic rings. The topological polar surface area (TPSA) is 80.7 Å². The van der Waals surface area contributed by atoms with Crippen molar-refractivity contribution in [2.75, 3.05) is 0 Å². The number of carbonyl (C=O) groups is 3. The molecule has 0 aromatic heterocycles. The molecular weight excluding hydrogens is 236 g/mol. The summed E-state index contributed by atoms with van der Waals surface area (Å²) in [7, 11) is 0. The lowest BCUT2D eigenvalue weighted by Gasteiger charge is -2.02. The van der Waals surface area contributed by atoms with Crippen LogP contribution >= 0.6 is 0 Å². The fraction of sp³-hybridized carbons (Fsp3) is 0. The first-order valence-corrected chi connectivity index (χ1v) is 5.14. The molecule has 0 unspecified atom stereocenters. The highest BCUT2D eigenvalue weighted by Gasteiger charge is 2.31. The molecule has 1 N–H and O–H groups in total. The van der Waals surface area contributed by atoms with Crippen LogP contribution in [0.25, 0.3) is 10.8 Å². The summed E-state index contributed by atoms with van der Waals surface area (Å²) in [6.07, 6.45) is 0. The molecule has 18 heavy (non-hydrogen) atoms. The average molecular weight is 242 g/mol. The summed E-state index contributed by atoms with van der Waals surface area (Å²) in [5.74, 6) is -2.52. The van der Waals surface area contributed by atoms with Gasteiger partial charge in [-0.3, -0.25) is 0 Å². The van der Waals surface area contributed by atoms with Crippen molar-refractivity contribution >= 4 is 28.7 Å². The van der Waals surface area contributed by atoms with Crippen molar-refractivity contribution in [2.24, 2.45) is 0 Å². The minimum Gasteiger partial charge on any atom is -0.478 e. The normalized spacial score (nSPS) is 13.6. The van der Waals surface area contributed by atoms with Crippen molar-refractivity contribution < 1.29 is 24.2 Å². The maximum Gasteiger partial charge on any atom is 0.347 e. The highest BCUT2D eigenvalue weighted by atomic mass is 16.6. The summed E-state index contributed by atoms with van der Waals surface area (Å²) in [5, 5.41) is 10.0. The molecular formula is C13H6O5. The first kappa shape index (κ1) is 10.5. The molecule has 0 radical (unpaired) electrons. The van der Waals surface area contributed by atoms with Gasteiger partial charge in [-0.1, -0.05) is 12.1 Å². The molecule has 0 aliphatic carbocycles. The predicted molar refractivity (Wildman–Crippen MR) is 60.7 cm³/mol. The van der Waals surface area contributed by atoms with Crippen molar-refractivity contribution in [3.8, 4) is 0 Å². The Hall–Kier alpha value is -2.69. The van der Waals surface area contributed by atoms with Crippen molar-refractivity contribution in [3.05, 3.63) is 47.0 Å². The van der Waals surface area contributed by atoms with E-state index in [1.54, 1.807) is 12.1 Å². The van der Waals surface area contributed by atoms with Gasteiger partial charge in [0.05, 0.1) is 16.7 Å². The SMILES string of the molecule is O=C(O)c1ccc2ccc3c(c2c1)C(=O)OC3=O. The van der Waals surface area contributed by atoms with Gasteiger partial charge in [-0.05, 0) is 29.0 Å². The largest absolute Gasteiger partial charge is 0.478 e. The van der Waals surface area contributed by atoms with Crippen LogP contribution in [0.3, 0.4) is 0 Å². The summed E-state index contributed by atoms with van der Waals surface area (Å²) < 4.78 is 4.51. The maximum atomic E-state index is 11.6. The zero-order chi connectivity index (χ0) is 12.9. The number of carboxylic acids is 1. The number of carboxylic acid groups (broad SMARTS) is 1. The van der Waals surface area contributed by atoms with Crippen molar-refractivity contribution in [1.82, 2.24) is 0 Å². The number of ether oxygens (including phenoxy) is 1. The molecule has 0 saturated carbocycles. The highest BCUT2D eigenvalue weighted by Crippen LogP contribution is 2.29. The number of carbonyl (C=O) groups excluding carboxylic acids is 2. The van der Waals surface area contributed by atoms with E-state index in [-0.39, 0.29) is 16.7 Å². The zero-order valence-corrected chi connectivity index (χ0v) is 8.97. The number of hydrogen-bond donors (Lipinski definition) is 1. The van der Waals surface area contributed by atoms with E-state index in [4.69, 9.17) is 5.11 Å². The van der Waals surface area contributed by atoms with E-state index < -0.39 is 17.9 Å². The van der Waals surface area contributed by atoms with Crippen LogP contribution in [0.4, 0.5) is 0 Å². The molecule has 1 heterocycles. The van der Waals surface area contributed by atoms with Gasteiger partial charge < -0.3 is 9.84 Å². The zero-order valence-electron chi connectivity index (χ0n) is 8.97. The Bertz CT molecular complexity index is 729. The van der Waals surface area contributed by atoms with Gasteiger partial charge in [0.25, 0.3) is 0 Å². The summed E-state index contributed by atoms with van der Waals surface area (Å²) in [5.41, 5.74) is 0.374. The molecule has 0 amide bonds. The van der Waals surface area contributed by atoms with Gasteiger partial charge in [0.15, 0.2) is 0 Å². The average Bonchev–Trinajstić information content (AvgIpc) is 2.64. The molecule has 0 bridgehead atoms. The lowest BCUT2D eigenvalue weighted by molar-refractivity contribution is 0.0443. The van der Waals surface area contributed by atoms with E-state index in [2.05, 4.69) is 4.74 Å². The minimum absolute atomic E-state index is 0.0584. The second-order valence-electron chi connectivity index (χ2n) is 3.91. The van der Waals surface area contributed by atoms with Gasteiger partial charge in [-0.25, -0.2) is 14.4 Å². The van der Waals surface area contributed by atoms with Gasteiger partial charge in [-0.15, -0.1) is 0 Å². The summed E-state index contributed by atoms with van der Waals surface area (Å²) in [6, 6.07) is 7.57. The van der Waals surface area contributed by atoms with Crippen LogP contribution in [-0.4, -0.2) is 23.0 Å². The Morgan fingerprint density at radius 3 is 2.50 bits per heavy atom. The van der Waals surface area contributed by atoms with Gasteiger partial charge in [-0.2, -0.15) is 0 Å². The molecule has 5 heteroatoms. The molecule has 0 saturated heterocycles. The smallest absolute Gasteiger partial charge is 0.347 e. The first-order chi connectivity index (χ1) is 8.58. The molecule has 2 aromatic carbocycles. The van der Waals surface area contributed by atoms with Gasteiger partial charge >= 0.3 is 17.9 Å². The Morgan fingerprint density at radius 1 is 1.06 bits per heavy atom. The molecule has 88 valence electrons. The Labute approximate surface area is 101 Å². The van der Waals surface area contributed by atoms with Gasteiger partial charge in [0.1, 0.15) is 0 Å². The molecule has 3 rings (SSSR count). The lowest BCUT2D eigenvalue weighted by atomic mass is 9.98.